The molecule has 5 heteroatoms. The predicted molar refractivity (Wildman–Crippen MR) is 70.6 cm³/mol. The van der Waals surface area contributed by atoms with Crippen LogP contribution in [0.3, 0.4) is 0 Å². The molecule has 0 amide bonds. The summed E-state index contributed by atoms with van der Waals surface area (Å²) in [5.41, 5.74) is 6.29. The minimum absolute atomic E-state index is 0.449. The first-order chi connectivity index (χ1) is 8.74. The average molecular weight is 247 g/mol. The maximum atomic E-state index is 5.75. The van der Waals surface area contributed by atoms with Crippen LogP contribution in [0.2, 0.25) is 0 Å². The maximum absolute atomic E-state index is 5.75. The molecular weight excluding hydrogens is 230 g/mol. The number of methoxy groups -OCH3 is 1. The van der Waals surface area contributed by atoms with Crippen molar-refractivity contribution in [3.8, 4) is 5.88 Å². The predicted octanol–water partition coefficient (Wildman–Crippen LogP) is 2.29. The molecule has 2 heterocycles. The van der Waals surface area contributed by atoms with Gasteiger partial charge < -0.3 is 19.8 Å². The van der Waals surface area contributed by atoms with Gasteiger partial charge in [-0.3, -0.25) is 0 Å². The molecule has 0 atom stereocenters. The molecule has 96 valence electrons. The van der Waals surface area contributed by atoms with Crippen LogP contribution in [0.25, 0.3) is 0 Å². The zero-order chi connectivity index (χ0) is 13.0. The molecule has 0 aliphatic heterocycles. The van der Waals surface area contributed by atoms with Gasteiger partial charge in [0, 0.05) is 6.54 Å². The van der Waals surface area contributed by atoms with Crippen molar-refractivity contribution < 1.29 is 9.15 Å². The number of nitrogen functional groups attached to an aromatic ring is 1. The van der Waals surface area contributed by atoms with E-state index in [1.165, 1.54) is 0 Å². The summed E-state index contributed by atoms with van der Waals surface area (Å²) in [4.78, 5) is 6.46. The fraction of sp³-hybridized carbons (Fsp3) is 0.308. The largest absolute Gasteiger partial charge is 0.479 e. The van der Waals surface area contributed by atoms with E-state index >= 15 is 0 Å². The summed E-state index contributed by atoms with van der Waals surface area (Å²) < 4.78 is 10.5. The van der Waals surface area contributed by atoms with Crippen molar-refractivity contribution in [2.45, 2.75) is 13.5 Å². The number of ether oxygens (including phenoxy) is 1. The third-order valence-corrected chi connectivity index (χ3v) is 2.70. The fourth-order valence-corrected chi connectivity index (χ4v) is 1.73. The van der Waals surface area contributed by atoms with E-state index in [2.05, 4.69) is 16.8 Å². The van der Waals surface area contributed by atoms with Gasteiger partial charge >= 0.3 is 0 Å². The van der Waals surface area contributed by atoms with Crippen molar-refractivity contribution >= 4 is 11.5 Å². The summed E-state index contributed by atoms with van der Waals surface area (Å²) in [6, 6.07) is 7.49. The zero-order valence-electron chi connectivity index (χ0n) is 10.6. The van der Waals surface area contributed by atoms with Gasteiger partial charge in [-0.1, -0.05) is 0 Å². The van der Waals surface area contributed by atoms with E-state index in [0.29, 0.717) is 18.1 Å². The lowest BCUT2D eigenvalue weighted by Gasteiger charge is -2.21. The second-order valence-corrected chi connectivity index (χ2v) is 3.86. The van der Waals surface area contributed by atoms with E-state index < -0.39 is 0 Å². The molecule has 5 nitrogen and oxygen atoms in total. The Kier molecular flexibility index (Phi) is 3.72. The van der Waals surface area contributed by atoms with Crippen LogP contribution in [-0.2, 0) is 6.54 Å². The Hall–Kier alpha value is -2.17. The Labute approximate surface area is 106 Å². The molecule has 2 aromatic heterocycles. The Bertz CT molecular complexity index is 497. The van der Waals surface area contributed by atoms with Crippen LogP contribution < -0.4 is 15.4 Å². The van der Waals surface area contributed by atoms with Gasteiger partial charge in [0.2, 0.25) is 5.88 Å². The van der Waals surface area contributed by atoms with Crippen LogP contribution in [-0.4, -0.2) is 18.6 Å². The number of hydrogen-bond donors (Lipinski definition) is 1. The smallest absolute Gasteiger partial charge is 0.238 e. The van der Waals surface area contributed by atoms with Gasteiger partial charge in [-0.25, -0.2) is 0 Å². The van der Waals surface area contributed by atoms with E-state index in [1.54, 1.807) is 19.4 Å². The molecule has 2 rings (SSSR count). The molecular formula is C13H17N3O2. The Morgan fingerprint density at radius 1 is 1.39 bits per heavy atom. The van der Waals surface area contributed by atoms with E-state index in [0.717, 1.165) is 18.1 Å². The molecule has 0 spiro atoms. The monoisotopic (exact) mass is 247 g/mol. The number of rotatable bonds is 5. The van der Waals surface area contributed by atoms with Crippen molar-refractivity contribution in [3.05, 3.63) is 36.3 Å². The third kappa shape index (κ3) is 2.56. The first kappa shape index (κ1) is 12.3. The molecule has 0 unspecified atom stereocenters. The topological polar surface area (TPSA) is 64.5 Å². The number of hydrogen-bond acceptors (Lipinski definition) is 5. The summed E-state index contributed by atoms with van der Waals surface area (Å²) in [6.07, 6.45) is 1.67. The third-order valence-electron chi connectivity index (χ3n) is 2.70. The van der Waals surface area contributed by atoms with Gasteiger partial charge in [-0.15, -0.1) is 0 Å². The molecule has 18 heavy (non-hydrogen) atoms. The standard InChI is InChI=1S/C13H17N3O2/c1-3-16(9-10-5-4-8-18-10)12-7-6-11(14)13(15-12)17-2/h4-8H,3,9,14H2,1-2H3. The van der Waals surface area contributed by atoms with E-state index in [9.17, 15) is 0 Å². The molecule has 2 aromatic rings. The van der Waals surface area contributed by atoms with Crippen LogP contribution in [0.15, 0.2) is 34.9 Å². The second-order valence-electron chi connectivity index (χ2n) is 3.86. The fourth-order valence-electron chi connectivity index (χ4n) is 1.73. The SMILES string of the molecule is CCN(Cc1ccco1)c1ccc(N)c(OC)n1. The number of pyridine rings is 1. The van der Waals surface area contributed by atoms with E-state index in [4.69, 9.17) is 14.9 Å². The molecule has 0 saturated carbocycles. The minimum Gasteiger partial charge on any atom is -0.479 e. The number of nitrogens with two attached hydrogens (primary N) is 1. The summed E-state index contributed by atoms with van der Waals surface area (Å²) in [5.74, 6) is 2.17. The first-order valence-corrected chi connectivity index (χ1v) is 5.82. The number of aromatic nitrogens is 1. The minimum atomic E-state index is 0.449. The lowest BCUT2D eigenvalue weighted by molar-refractivity contribution is 0.400. The Morgan fingerprint density at radius 3 is 2.83 bits per heavy atom. The highest BCUT2D eigenvalue weighted by Crippen LogP contribution is 2.23. The first-order valence-electron chi connectivity index (χ1n) is 5.82. The van der Waals surface area contributed by atoms with Crippen LogP contribution in [0, 0.1) is 0 Å². The second kappa shape index (κ2) is 5.44. The van der Waals surface area contributed by atoms with Crippen molar-refractivity contribution in [3.63, 3.8) is 0 Å². The molecule has 2 N–H and O–H groups in total. The molecule has 0 fully saturated rings. The maximum Gasteiger partial charge on any atom is 0.238 e. The highest BCUT2D eigenvalue weighted by Gasteiger charge is 2.11. The van der Waals surface area contributed by atoms with Gasteiger partial charge in [0.05, 0.1) is 25.6 Å². The van der Waals surface area contributed by atoms with Gasteiger partial charge in [-0.05, 0) is 31.2 Å². The molecule has 0 aliphatic carbocycles. The van der Waals surface area contributed by atoms with Crippen molar-refractivity contribution in [2.24, 2.45) is 0 Å². The van der Waals surface area contributed by atoms with Crippen molar-refractivity contribution in [2.75, 3.05) is 24.3 Å². The number of anilines is 2. The average Bonchev–Trinajstić information content (AvgIpc) is 2.89. The van der Waals surface area contributed by atoms with Crippen LogP contribution in [0.1, 0.15) is 12.7 Å². The van der Waals surface area contributed by atoms with Gasteiger partial charge in [0.1, 0.15) is 11.6 Å². The van der Waals surface area contributed by atoms with Gasteiger partial charge in [-0.2, -0.15) is 4.98 Å². The molecule has 0 aliphatic rings. The normalized spacial score (nSPS) is 10.3. The highest BCUT2D eigenvalue weighted by atomic mass is 16.5. The number of nitrogens with zero attached hydrogens (tertiary/aromatic N) is 2. The summed E-state index contributed by atoms with van der Waals surface area (Å²) in [7, 11) is 1.56. The van der Waals surface area contributed by atoms with Gasteiger partial charge in [0.25, 0.3) is 0 Å². The molecule has 0 saturated heterocycles. The van der Waals surface area contributed by atoms with E-state index in [-0.39, 0.29) is 0 Å². The van der Waals surface area contributed by atoms with Crippen molar-refractivity contribution in [1.82, 2.24) is 4.98 Å². The van der Waals surface area contributed by atoms with Gasteiger partial charge in [0.15, 0.2) is 0 Å². The highest BCUT2D eigenvalue weighted by molar-refractivity contribution is 5.54. The Morgan fingerprint density at radius 2 is 2.22 bits per heavy atom. The lowest BCUT2D eigenvalue weighted by Crippen LogP contribution is -2.23. The molecule has 0 bridgehead atoms. The molecule has 0 radical (unpaired) electrons. The van der Waals surface area contributed by atoms with Crippen molar-refractivity contribution in [1.29, 1.82) is 0 Å². The summed E-state index contributed by atoms with van der Waals surface area (Å²) in [5, 5.41) is 0. The van der Waals surface area contributed by atoms with Crippen LogP contribution in [0.5, 0.6) is 5.88 Å². The van der Waals surface area contributed by atoms with Crippen LogP contribution in [0.4, 0.5) is 11.5 Å². The Balaban J connectivity index is 2.21. The molecule has 0 aromatic carbocycles. The quantitative estimate of drug-likeness (QED) is 0.878. The van der Waals surface area contributed by atoms with E-state index in [1.807, 2.05) is 18.2 Å². The zero-order valence-corrected chi connectivity index (χ0v) is 10.6. The summed E-state index contributed by atoms with van der Waals surface area (Å²) in [6.45, 7) is 3.55. The lowest BCUT2D eigenvalue weighted by atomic mass is 10.3. The number of furan rings is 1. The summed E-state index contributed by atoms with van der Waals surface area (Å²) >= 11 is 0. The van der Waals surface area contributed by atoms with Crippen LogP contribution >= 0.6 is 0 Å².